The zero-order valence-electron chi connectivity index (χ0n) is 17.2. The number of rotatable bonds is 6. The molecule has 0 fully saturated rings. The third-order valence-electron chi connectivity index (χ3n) is 5.27. The van der Waals surface area contributed by atoms with Crippen LogP contribution in [0.2, 0.25) is 0 Å². The van der Waals surface area contributed by atoms with Gasteiger partial charge in [-0.3, -0.25) is 9.59 Å². The SMILES string of the molecule is CN(C)C[C@@H](NC(=O)Cn1c2ccccc2c(=O)c2ccccc21)c1ccccc1. The molecule has 1 aromatic heterocycles. The first-order valence-corrected chi connectivity index (χ1v) is 10.0. The number of nitrogens with zero attached hydrogens (tertiary/aromatic N) is 2. The van der Waals surface area contributed by atoms with Crippen LogP contribution in [0, 0.1) is 0 Å². The monoisotopic (exact) mass is 399 g/mol. The molecule has 3 aromatic carbocycles. The van der Waals surface area contributed by atoms with E-state index in [-0.39, 0.29) is 23.9 Å². The van der Waals surface area contributed by atoms with Gasteiger partial charge in [0, 0.05) is 17.3 Å². The standard InChI is InChI=1S/C25H25N3O2/c1-27(2)16-21(18-10-4-3-5-11-18)26-24(29)17-28-22-14-8-6-12-19(22)25(30)20-13-7-9-15-23(20)28/h3-15,21H,16-17H2,1-2H3,(H,26,29)/t21-/m1/s1. The molecule has 1 atom stereocenters. The highest BCUT2D eigenvalue weighted by Gasteiger charge is 2.18. The first-order chi connectivity index (χ1) is 14.5. The predicted octanol–water partition coefficient (Wildman–Crippen LogP) is 3.57. The van der Waals surface area contributed by atoms with Gasteiger partial charge in [0.05, 0.1) is 17.1 Å². The van der Waals surface area contributed by atoms with Crippen molar-refractivity contribution in [2.45, 2.75) is 12.6 Å². The second kappa shape index (κ2) is 8.51. The number of hydrogen-bond acceptors (Lipinski definition) is 3. The number of fused-ring (bicyclic) bond motifs is 2. The summed E-state index contributed by atoms with van der Waals surface area (Å²) in [7, 11) is 3.98. The zero-order chi connectivity index (χ0) is 21.1. The average Bonchev–Trinajstić information content (AvgIpc) is 2.76. The largest absolute Gasteiger partial charge is 0.346 e. The lowest BCUT2D eigenvalue weighted by Gasteiger charge is -2.24. The molecule has 30 heavy (non-hydrogen) atoms. The van der Waals surface area contributed by atoms with Gasteiger partial charge in [0.15, 0.2) is 5.43 Å². The summed E-state index contributed by atoms with van der Waals surface area (Å²) in [5.41, 5.74) is 2.59. The number of carbonyl (C=O) groups excluding carboxylic acids is 1. The number of para-hydroxylation sites is 2. The van der Waals surface area contributed by atoms with Crippen molar-refractivity contribution in [2.75, 3.05) is 20.6 Å². The molecule has 0 aliphatic carbocycles. The lowest BCUT2D eigenvalue weighted by atomic mass is 10.1. The van der Waals surface area contributed by atoms with E-state index in [4.69, 9.17) is 0 Å². The summed E-state index contributed by atoms with van der Waals surface area (Å²) in [4.78, 5) is 28.1. The highest BCUT2D eigenvalue weighted by atomic mass is 16.2. The van der Waals surface area contributed by atoms with E-state index in [1.165, 1.54) is 0 Å². The molecule has 5 heteroatoms. The summed E-state index contributed by atoms with van der Waals surface area (Å²) in [5.74, 6) is -0.0929. The van der Waals surface area contributed by atoms with E-state index in [9.17, 15) is 9.59 Å². The van der Waals surface area contributed by atoms with Gasteiger partial charge in [-0.2, -0.15) is 0 Å². The summed E-state index contributed by atoms with van der Waals surface area (Å²) < 4.78 is 1.93. The van der Waals surface area contributed by atoms with Crippen molar-refractivity contribution in [3.05, 3.63) is 94.6 Å². The number of pyridine rings is 1. The Labute approximate surface area is 175 Å². The summed E-state index contributed by atoms with van der Waals surface area (Å²) in [6, 6.07) is 24.8. The zero-order valence-corrected chi connectivity index (χ0v) is 17.2. The third-order valence-corrected chi connectivity index (χ3v) is 5.27. The highest BCUT2D eigenvalue weighted by Crippen LogP contribution is 2.20. The quantitative estimate of drug-likeness (QED) is 0.504. The van der Waals surface area contributed by atoms with Crippen LogP contribution in [0.1, 0.15) is 11.6 Å². The van der Waals surface area contributed by atoms with Crippen LogP contribution in [0.3, 0.4) is 0 Å². The fourth-order valence-corrected chi connectivity index (χ4v) is 3.92. The van der Waals surface area contributed by atoms with Crippen LogP contribution in [-0.2, 0) is 11.3 Å². The van der Waals surface area contributed by atoms with E-state index in [1.54, 1.807) is 0 Å². The molecule has 0 unspecified atom stereocenters. The maximum Gasteiger partial charge on any atom is 0.240 e. The molecule has 0 radical (unpaired) electrons. The third kappa shape index (κ3) is 3.98. The maximum atomic E-state index is 13.1. The second-order valence-electron chi connectivity index (χ2n) is 7.74. The maximum absolute atomic E-state index is 13.1. The Morgan fingerprint density at radius 2 is 1.40 bits per heavy atom. The van der Waals surface area contributed by atoms with Crippen LogP contribution < -0.4 is 10.7 Å². The van der Waals surface area contributed by atoms with Crippen LogP contribution in [0.4, 0.5) is 0 Å². The summed E-state index contributed by atoms with van der Waals surface area (Å²) >= 11 is 0. The number of carbonyl (C=O) groups is 1. The smallest absolute Gasteiger partial charge is 0.240 e. The predicted molar refractivity (Wildman–Crippen MR) is 122 cm³/mol. The van der Waals surface area contributed by atoms with Crippen molar-refractivity contribution in [3.8, 4) is 0 Å². The van der Waals surface area contributed by atoms with Gasteiger partial charge in [-0.25, -0.2) is 0 Å². The Balaban J connectivity index is 1.72. The van der Waals surface area contributed by atoms with Crippen molar-refractivity contribution in [1.82, 2.24) is 14.8 Å². The molecule has 152 valence electrons. The van der Waals surface area contributed by atoms with Crippen molar-refractivity contribution in [2.24, 2.45) is 0 Å². The van der Waals surface area contributed by atoms with E-state index >= 15 is 0 Å². The average molecular weight is 399 g/mol. The minimum atomic E-state index is -0.120. The second-order valence-corrected chi connectivity index (χ2v) is 7.74. The van der Waals surface area contributed by atoms with Gasteiger partial charge in [0.2, 0.25) is 5.91 Å². The van der Waals surface area contributed by atoms with E-state index in [0.29, 0.717) is 17.3 Å². The van der Waals surface area contributed by atoms with Gasteiger partial charge in [0.25, 0.3) is 0 Å². The van der Waals surface area contributed by atoms with Gasteiger partial charge >= 0.3 is 0 Å². The summed E-state index contributed by atoms with van der Waals surface area (Å²) in [6.45, 7) is 0.833. The van der Waals surface area contributed by atoms with E-state index in [1.807, 2.05) is 97.5 Å². The molecular formula is C25H25N3O2. The molecule has 1 amide bonds. The topological polar surface area (TPSA) is 54.3 Å². The van der Waals surface area contributed by atoms with E-state index in [0.717, 1.165) is 16.6 Å². The molecule has 0 saturated carbocycles. The first kappa shape index (κ1) is 19.9. The van der Waals surface area contributed by atoms with Crippen LogP contribution in [0.25, 0.3) is 21.8 Å². The minimum Gasteiger partial charge on any atom is -0.346 e. The Morgan fingerprint density at radius 3 is 1.97 bits per heavy atom. The lowest BCUT2D eigenvalue weighted by molar-refractivity contribution is -0.122. The van der Waals surface area contributed by atoms with Crippen molar-refractivity contribution >= 4 is 27.7 Å². The van der Waals surface area contributed by atoms with Gasteiger partial charge in [0.1, 0.15) is 6.54 Å². The number of likely N-dealkylation sites (N-methyl/N-ethyl adjacent to an activating group) is 1. The fraction of sp³-hybridized carbons (Fsp3) is 0.200. The number of hydrogen-bond donors (Lipinski definition) is 1. The molecule has 1 N–H and O–H groups in total. The molecule has 0 spiro atoms. The molecular weight excluding hydrogens is 374 g/mol. The Hall–Kier alpha value is -3.44. The molecule has 4 aromatic rings. The molecule has 4 rings (SSSR count). The van der Waals surface area contributed by atoms with Crippen molar-refractivity contribution < 1.29 is 4.79 Å². The lowest BCUT2D eigenvalue weighted by Crippen LogP contribution is -2.37. The Bertz CT molecular complexity index is 1190. The normalized spacial score (nSPS) is 12.4. The Morgan fingerprint density at radius 1 is 0.867 bits per heavy atom. The number of aromatic nitrogens is 1. The molecule has 0 saturated heterocycles. The van der Waals surface area contributed by atoms with Gasteiger partial charge in [-0.05, 0) is 43.9 Å². The number of nitrogens with one attached hydrogen (secondary N) is 1. The van der Waals surface area contributed by atoms with Crippen LogP contribution in [0.15, 0.2) is 83.7 Å². The number of amides is 1. The molecule has 1 heterocycles. The van der Waals surface area contributed by atoms with Gasteiger partial charge < -0.3 is 14.8 Å². The molecule has 0 aliphatic rings. The van der Waals surface area contributed by atoms with E-state index in [2.05, 4.69) is 10.2 Å². The van der Waals surface area contributed by atoms with Crippen LogP contribution in [0.5, 0.6) is 0 Å². The minimum absolute atomic E-state index is 0.00683. The molecule has 5 nitrogen and oxygen atoms in total. The Kier molecular flexibility index (Phi) is 5.63. The number of benzene rings is 3. The molecule has 0 aliphatic heterocycles. The van der Waals surface area contributed by atoms with E-state index < -0.39 is 0 Å². The summed E-state index contributed by atoms with van der Waals surface area (Å²) in [5, 5.41) is 4.42. The fourth-order valence-electron chi connectivity index (χ4n) is 3.92. The first-order valence-electron chi connectivity index (χ1n) is 10.0. The van der Waals surface area contributed by atoms with Crippen molar-refractivity contribution in [1.29, 1.82) is 0 Å². The molecule has 0 bridgehead atoms. The van der Waals surface area contributed by atoms with Gasteiger partial charge in [-0.15, -0.1) is 0 Å². The highest BCUT2D eigenvalue weighted by molar-refractivity contribution is 5.94. The summed E-state index contributed by atoms with van der Waals surface area (Å²) in [6.07, 6.45) is 0. The van der Waals surface area contributed by atoms with Crippen molar-refractivity contribution in [3.63, 3.8) is 0 Å². The van der Waals surface area contributed by atoms with Gasteiger partial charge in [-0.1, -0.05) is 54.6 Å². The van der Waals surface area contributed by atoms with Crippen LogP contribution in [-0.4, -0.2) is 36.0 Å². The van der Waals surface area contributed by atoms with Crippen LogP contribution >= 0.6 is 0 Å².